The zero-order valence-electron chi connectivity index (χ0n) is 12.7. The second-order valence-electron chi connectivity index (χ2n) is 5.66. The lowest BCUT2D eigenvalue weighted by Crippen LogP contribution is -2.17. The quantitative estimate of drug-likeness (QED) is 0.773. The molecule has 0 fully saturated rings. The summed E-state index contributed by atoms with van der Waals surface area (Å²) in [4.78, 5) is 5.65. The van der Waals surface area contributed by atoms with Crippen LogP contribution in [0.25, 0.3) is 0 Å². The van der Waals surface area contributed by atoms with Gasteiger partial charge in [0, 0.05) is 31.7 Å². The van der Waals surface area contributed by atoms with Crippen molar-refractivity contribution in [3.8, 4) is 0 Å². The van der Waals surface area contributed by atoms with Crippen LogP contribution in [0.15, 0.2) is 41.3 Å². The van der Waals surface area contributed by atoms with Gasteiger partial charge in [-0.2, -0.15) is 0 Å². The summed E-state index contributed by atoms with van der Waals surface area (Å²) in [5.74, 6) is 0. The molecule has 4 heteroatoms. The zero-order chi connectivity index (χ0) is 15.1. The summed E-state index contributed by atoms with van der Waals surface area (Å²) in [6, 6.07) is 13.0. The minimum atomic E-state index is 0.288. The smallest absolute Gasteiger partial charge is 0.105 e. The molecule has 2 aromatic rings. The Bertz CT molecular complexity index is 667. The molecule has 0 N–H and O–H groups in total. The van der Waals surface area contributed by atoms with Gasteiger partial charge in [0.15, 0.2) is 0 Å². The van der Waals surface area contributed by atoms with Gasteiger partial charge in [-0.25, -0.2) is 0 Å². The van der Waals surface area contributed by atoms with E-state index in [2.05, 4.69) is 68.2 Å². The van der Waals surface area contributed by atoms with E-state index in [1.807, 2.05) is 17.8 Å². The number of nitrogens with zero attached hydrogens (tertiary/aromatic N) is 2. The van der Waals surface area contributed by atoms with E-state index in [4.69, 9.17) is 11.6 Å². The van der Waals surface area contributed by atoms with Gasteiger partial charge in [-0.1, -0.05) is 35.5 Å². The summed E-state index contributed by atoms with van der Waals surface area (Å²) >= 11 is 8.30. The Kier molecular flexibility index (Phi) is 3.80. The van der Waals surface area contributed by atoms with E-state index in [0.29, 0.717) is 0 Å². The van der Waals surface area contributed by atoms with Crippen LogP contribution in [0.2, 0.25) is 5.02 Å². The van der Waals surface area contributed by atoms with E-state index in [-0.39, 0.29) is 5.37 Å². The number of hydrogen-bond acceptors (Lipinski definition) is 3. The Morgan fingerprint density at radius 3 is 2.43 bits per heavy atom. The molecule has 0 saturated heterocycles. The highest BCUT2D eigenvalue weighted by Gasteiger charge is 2.30. The van der Waals surface area contributed by atoms with Gasteiger partial charge in [0.05, 0.1) is 10.7 Å². The maximum Gasteiger partial charge on any atom is 0.105 e. The molecule has 3 rings (SSSR count). The molecule has 0 aliphatic carbocycles. The molecule has 1 aliphatic heterocycles. The third-order valence-corrected chi connectivity index (χ3v) is 5.48. The standard InChI is InChI=1S/C17H19ClN2S/c1-11-9-14(18)16-15(10-11)21-17(20(16)4)12-5-7-13(8-6-12)19(2)3/h5-10,17H,1-4H3. The number of benzene rings is 2. The Morgan fingerprint density at radius 1 is 1.14 bits per heavy atom. The van der Waals surface area contributed by atoms with E-state index in [1.165, 1.54) is 21.7 Å². The van der Waals surface area contributed by atoms with Crippen molar-refractivity contribution in [2.45, 2.75) is 17.2 Å². The third-order valence-electron chi connectivity index (χ3n) is 3.81. The van der Waals surface area contributed by atoms with Crippen molar-refractivity contribution >= 4 is 34.7 Å². The minimum Gasteiger partial charge on any atom is -0.378 e. The van der Waals surface area contributed by atoms with Gasteiger partial charge in [-0.15, -0.1) is 0 Å². The monoisotopic (exact) mass is 318 g/mol. The summed E-state index contributed by atoms with van der Waals surface area (Å²) in [6.07, 6.45) is 0. The molecule has 21 heavy (non-hydrogen) atoms. The first-order valence-electron chi connectivity index (χ1n) is 6.94. The summed E-state index contributed by atoms with van der Waals surface area (Å²) in [7, 11) is 6.23. The van der Waals surface area contributed by atoms with E-state index >= 15 is 0 Å². The maximum atomic E-state index is 6.43. The number of aryl methyl sites for hydroxylation is 1. The topological polar surface area (TPSA) is 6.48 Å². The highest BCUT2D eigenvalue weighted by molar-refractivity contribution is 8.00. The van der Waals surface area contributed by atoms with Gasteiger partial charge in [-0.3, -0.25) is 0 Å². The first kappa shape index (κ1) is 14.6. The summed E-state index contributed by atoms with van der Waals surface area (Å²) in [5, 5.41) is 1.13. The van der Waals surface area contributed by atoms with Gasteiger partial charge in [0.1, 0.15) is 5.37 Å². The summed E-state index contributed by atoms with van der Waals surface area (Å²) < 4.78 is 0. The molecule has 0 aromatic heterocycles. The largest absolute Gasteiger partial charge is 0.378 e. The number of fused-ring (bicyclic) bond motifs is 1. The van der Waals surface area contributed by atoms with Crippen LogP contribution < -0.4 is 9.80 Å². The number of hydrogen-bond donors (Lipinski definition) is 0. The van der Waals surface area contributed by atoms with Crippen LogP contribution in [0.5, 0.6) is 0 Å². The van der Waals surface area contributed by atoms with Crippen LogP contribution >= 0.6 is 23.4 Å². The predicted molar refractivity (Wildman–Crippen MR) is 94.0 cm³/mol. The first-order valence-corrected chi connectivity index (χ1v) is 8.20. The Labute approximate surface area is 135 Å². The maximum absolute atomic E-state index is 6.43. The normalized spacial score (nSPS) is 17.0. The fourth-order valence-electron chi connectivity index (χ4n) is 2.68. The van der Waals surface area contributed by atoms with Crippen LogP contribution in [0.1, 0.15) is 16.5 Å². The summed E-state index contributed by atoms with van der Waals surface area (Å²) in [6.45, 7) is 2.09. The van der Waals surface area contributed by atoms with Crippen LogP contribution in [-0.4, -0.2) is 21.1 Å². The van der Waals surface area contributed by atoms with Gasteiger partial charge in [0.25, 0.3) is 0 Å². The molecule has 1 aliphatic rings. The van der Waals surface area contributed by atoms with Crippen LogP contribution in [0.4, 0.5) is 11.4 Å². The highest BCUT2D eigenvalue weighted by Crippen LogP contribution is 2.53. The van der Waals surface area contributed by atoms with Crippen molar-refractivity contribution in [3.63, 3.8) is 0 Å². The number of anilines is 2. The lowest BCUT2D eigenvalue weighted by Gasteiger charge is -2.23. The molecule has 1 heterocycles. The molecule has 0 amide bonds. The van der Waals surface area contributed by atoms with E-state index in [9.17, 15) is 0 Å². The van der Waals surface area contributed by atoms with E-state index in [1.54, 1.807) is 0 Å². The highest BCUT2D eigenvalue weighted by atomic mass is 35.5. The third kappa shape index (κ3) is 2.60. The number of rotatable bonds is 2. The Morgan fingerprint density at radius 2 is 1.81 bits per heavy atom. The minimum absolute atomic E-state index is 0.288. The van der Waals surface area contributed by atoms with E-state index in [0.717, 1.165) is 10.7 Å². The zero-order valence-corrected chi connectivity index (χ0v) is 14.3. The van der Waals surface area contributed by atoms with Crippen molar-refractivity contribution in [2.24, 2.45) is 0 Å². The fraction of sp³-hybridized carbons (Fsp3) is 0.294. The van der Waals surface area contributed by atoms with Gasteiger partial charge in [-0.05, 0) is 42.3 Å². The van der Waals surface area contributed by atoms with Gasteiger partial charge >= 0.3 is 0 Å². The van der Waals surface area contributed by atoms with Crippen molar-refractivity contribution in [3.05, 3.63) is 52.5 Å². The molecule has 1 unspecified atom stereocenters. The Balaban J connectivity index is 1.94. The van der Waals surface area contributed by atoms with Gasteiger partial charge < -0.3 is 9.80 Å². The first-order chi connectivity index (χ1) is 9.97. The number of halogens is 1. The summed E-state index contributed by atoms with van der Waals surface area (Å²) in [5.41, 5.74) is 4.88. The van der Waals surface area contributed by atoms with Gasteiger partial charge in [0.2, 0.25) is 0 Å². The molecular formula is C17H19ClN2S. The fourth-order valence-corrected chi connectivity index (χ4v) is 4.56. The molecule has 0 saturated carbocycles. The molecule has 0 bridgehead atoms. The molecule has 110 valence electrons. The van der Waals surface area contributed by atoms with Crippen molar-refractivity contribution in [1.82, 2.24) is 0 Å². The lowest BCUT2D eigenvalue weighted by atomic mass is 10.1. The molecule has 2 aromatic carbocycles. The molecule has 0 radical (unpaired) electrons. The second kappa shape index (κ2) is 5.47. The van der Waals surface area contributed by atoms with Crippen LogP contribution in [-0.2, 0) is 0 Å². The van der Waals surface area contributed by atoms with Crippen LogP contribution in [0, 0.1) is 6.92 Å². The molecular weight excluding hydrogens is 300 g/mol. The average Bonchev–Trinajstić information content (AvgIpc) is 2.76. The molecule has 0 spiro atoms. The van der Waals surface area contributed by atoms with Crippen molar-refractivity contribution in [2.75, 3.05) is 30.9 Å². The predicted octanol–water partition coefficient (Wildman–Crippen LogP) is 4.96. The van der Waals surface area contributed by atoms with Crippen molar-refractivity contribution < 1.29 is 0 Å². The van der Waals surface area contributed by atoms with Crippen molar-refractivity contribution in [1.29, 1.82) is 0 Å². The van der Waals surface area contributed by atoms with E-state index < -0.39 is 0 Å². The van der Waals surface area contributed by atoms with Crippen LogP contribution in [0.3, 0.4) is 0 Å². The molecule has 1 atom stereocenters. The Hall–Kier alpha value is -1.32. The lowest BCUT2D eigenvalue weighted by molar-refractivity contribution is 0.912. The number of thioether (sulfide) groups is 1. The molecule has 2 nitrogen and oxygen atoms in total. The average molecular weight is 319 g/mol. The second-order valence-corrected chi connectivity index (χ2v) is 7.19. The SMILES string of the molecule is Cc1cc(Cl)c2c(c1)SC(c1ccc(N(C)C)cc1)N2C.